The topological polar surface area (TPSA) is 117 Å². The van der Waals surface area contributed by atoms with Gasteiger partial charge in [0.2, 0.25) is 5.91 Å². The van der Waals surface area contributed by atoms with Gasteiger partial charge in [0.25, 0.3) is 0 Å². The van der Waals surface area contributed by atoms with E-state index in [0.717, 1.165) is 6.42 Å². The number of rotatable bonds is 9. The summed E-state index contributed by atoms with van der Waals surface area (Å²) in [6.45, 7) is 7.67. The van der Waals surface area contributed by atoms with Crippen molar-refractivity contribution in [2.45, 2.75) is 57.8 Å². The smallest absolute Gasteiger partial charge is 0.338 e. The zero-order valence-electron chi connectivity index (χ0n) is 20.9. The molecule has 2 aliphatic heterocycles. The fourth-order valence-corrected chi connectivity index (χ4v) is 5.14. The van der Waals surface area contributed by atoms with Gasteiger partial charge in [-0.05, 0) is 44.9 Å². The third kappa shape index (κ3) is 5.12. The largest absolute Gasteiger partial charge is 0.493 e. The number of methoxy groups -OCH3 is 2. The molecule has 2 N–H and O–H groups in total. The van der Waals surface area contributed by atoms with E-state index in [1.807, 2.05) is 20.8 Å². The van der Waals surface area contributed by atoms with Crippen LogP contribution in [0.3, 0.4) is 0 Å². The second-order valence-corrected chi connectivity index (χ2v) is 9.77. The molecule has 1 fully saturated rings. The standard InChI is InChI=1S/C25H32N2O7S/c1-7-8-11-33-25(30)19-18(15-9-10-16(34-13(2)3)17(12-15)31-5)20(24(29)32-6)23-27(21(19)26)22(28)14(4)35-23/h9-10,12-14,18H,7-8,11,26H2,1-6H3/t14-,18-/m1/s1. The first kappa shape index (κ1) is 26.5. The number of unbranched alkanes of at least 4 members (excludes halogenated alkanes) is 1. The van der Waals surface area contributed by atoms with E-state index in [-0.39, 0.29) is 35.6 Å². The Labute approximate surface area is 209 Å². The van der Waals surface area contributed by atoms with E-state index in [9.17, 15) is 14.4 Å². The Morgan fingerprint density at radius 3 is 2.46 bits per heavy atom. The van der Waals surface area contributed by atoms with Crippen LogP contribution in [-0.4, -0.2) is 54.9 Å². The van der Waals surface area contributed by atoms with Crippen LogP contribution in [0.1, 0.15) is 52.0 Å². The molecule has 1 aromatic rings. The van der Waals surface area contributed by atoms with Gasteiger partial charge in [0.15, 0.2) is 11.5 Å². The fraction of sp³-hybridized carbons (Fsp3) is 0.480. The van der Waals surface area contributed by atoms with Gasteiger partial charge in [0.1, 0.15) is 5.82 Å². The molecule has 0 bridgehead atoms. The fourth-order valence-electron chi connectivity index (χ4n) is 3.97. The number of benzene rings is 1. The summed E-state index contributed by atoms with van der Waals surface area (Å²) in [4.78, 5) is 40.6. The van der Waals surface area contributed by atoms with Crippen LogP contribution in [0, 0.1) is 0 Å². The number of carbonyl (C=O) groups is 3. The van der Waals surface area contributed by atoms with Gasteiger partial charge in [-0.1, -0.05) is 31.2 Å². The number of ether oxygens (including phenoxy) is 4. The number of nitrogens with two attached hydrogens (primary N) is 1. The molecule has 2 aliphatic rings. The molecule has 1 aromatic carbocycles. The molecular weight excluding hydrogens is 472 g/mol. The summed E-state index contributed by atoms with van der Waals surface area (Å²) in [6, 6.07) is 5.15. The molecule has 1 saturated heterocycles. The molecule has 35 heavy (non-hydrogen) atoms. The first-order valence-corrected chi connectivity index (χ1v) is 12.4. The highest BCUT2D eigenvalue weighted by Crippen LogP contribution is 2.50. The van der Waals surface area contributed by atoms with Gasteiger partial charge >= 0.3 is 11.9 Å². The van der Waals surface area contributed by atoms with Crippen molar-refractivity contribution in [1.29, 1.82) is 0 Å². The van der Waals surface area contributed by atoms with Gasteiger partial charge in [0.05, 0.1) is 54.3 Å². The van der Waals surface area contributed by atoms with Gasteiger partial charge in [-0.15, -0.1) is 0 Å². The number of carbonyl (C=O) groups excluding carboxylic acids is 3. The maximum Gasteiger partial charge on any atom is 0.338 e. The molecule has 0 saturated carbocycles. The van der Waals surface area contributed by atoms with Crippen molar-refractivity contribution in [3.63, 3.8) is 0 Å². The number of amides is 1. The lowest BCUT2D eigenvalue weighted by Crippen LogP contribution is -2.40. The Morgan fingerprint density at radius 1 is 1.14 bits per heavy atom. The lowest BCUT2D eigenvalue weighted by Gasteiger charge is -2.33. The van der Waals surface area contributed by atoms with Crippen molar-refractivity contribution in [3.8, 4) is 11.5 Å². The molecule has 0 spiro atoms. The summed E-state index contributed by atoms with van der Waals surface area (Å²) in [6.07, 6.45) is 1.41. The molecule has 10 heteroatoms. The second-order valence-electron chi connectivity index (χ2n) is 8.44. The van der Waals surface area contributed by atoms with E-state index in [0.29, 0.717) is 28.5 Å². The number of thioether (sulfide) groups is 1. The molecule has 190 valence electrons. The lowest BCUT2D eigenvalue weighted by atomic mass is 9.82. The molecule has 0 aromatic heterocycles. The first-order chi connectivity index (χ1) is 16.7. The number of nitrogens with zero attached hydrogens (tertiary/aromatic N) is 1. The van der Waals surface area contributed by atoms with Gasteiger partial charge < -0.3 is 24.7 Å². The van der Waals surface area contributed by atoms with Crippen molar-refractivity contribution in [2.24, 2.45) is 5.73 Å². The lowest BCUT2D eigenvalue weighted by molar-refractivity contribution is -0.139. The van der Waals surface area contributed by atoms with Crippen LogP contribution in [0.4, 0.5) is 0 Å². The maximum absolute atomic E-state index is 13.3. The normalized spacial score (nSPS) is 19.7. The number of fused-ring (bicyclic) bond motifs is 1. The van der Waals surface area contributed by atoms with Crippen molar-refractivity contribution in [3.05, 3.63) is 45.8 Å². The van der Waals surface area contributed by atoms with Crippen molar-refractivity contribution < 1.29 is 33.3 Å². The zero-order chi connectivity index (χ0) is 25.9. The summed E-state index contributed by atoms with van der Waals surface area (Å²) < 4.78 is 21.9. The quantitative estimate of drug-likeness (QED) is 0.398. The van der Waals surface area contributed by atoms with Crippen molar-refractivity contribution >= 4 is 29.6 Å². The first-order valence-electron chi connectivity index (χ1n) is 11.5. The van der Waals surface area contributed by atoms with Crippen LogP contribution < -0.4 is 15.2 Å². The van der Waals surface area contributed by atoms with E-state index in [1.54, 1.807) is 25.1 Å². The van der Waals surface area contributed by atoms with Gasteiger partial charge in [-0.2, -0.15) is 0 Å². The molecule has 0 unspecified atom stereocenters. The molecule has 2 atom stereocenters. The molecular formula is C25H32N2O7S. The highest BCUT2D eigenvalue weighted by molar-refractivity contribution is 8.04. The Bertz CT molecular complexity index is 1080. The summed E-state index contributed by atoms with van der Waals surface area (Å²) in [5.41, 5.74) is 7.15. The van der Waals surface area contributed by atoms with Crippen LogP contribution in [0.2, 0.25) is 0 Å². The predicted molar refractivity (Wildman–Crippen MR) is 132 cm³/mol. The third-order valence-corrected chi connectivity index (χ3v) is 6.81. The highest BCUT2D eigenvalue weighted by atomic mass is 32.2. The number of hydrogen-bond donors (Lipinski definition) is 1. The van der Waals surface area contributed by atoms with Gasteiger partial charge in [-0.3, -0.25) is 9.69 Å². The average Bonchev–Trinajstić information content (AvgIpc) is 3.12. The Morgan fingerprint density at radius 2 is 1.86 bits per heavy atom. The van der Waals surface area contributed by atoms with Gasteiger partial charge in [-0.25, -0.2) is 9.59 Å². The summed E-state index contributed by atoms with van der Waals surface area (Å²) in [5.74, 6) is -1.73. The minimum Gasteiger partial charge on any atom is -0.493 e. The number of esters is 2. The maximum atomic E-state index is 13.3. The summed E-state index contributed by atoms with van der Waals surface area (Å²) in [5, 5.41) is -0.140. The Balaban J connectivity index is 2.24. The minimum absolute atomic E-state index is 0.00730. The number of hydrogen-bond acceptors (Lipinski definition) is 9. The molecule has 0 aliphatic carbocycles. The minimum atomic E-state index is -0.935. The van der Waals surface area contributed by atoms with E-state index in [1.165, 1.54) is 30.9 Å². The zero-order valence-corrected chi connectivity index (χ0v) is 21.7. The monoisotopic (exact) mass is 504 g/mol. The molecule has 2 heterocycles. The SMILES string of the molecule is CCCCOC(=O)C1=C(N)N2C(=O)[C@@H](C)SC2=C(C(=O)OC)[C@@H]1c1ccc(OC(C)C)c(OC)c1. The second kappa shape index (κ2) is 11.1. The Hall–Kier alpha value is -3.14. The highest BCUT2D eigenvalue weighted by Gasteiger charge is 2.49. The van der Waals surface area contributed by atoms with Crippen LogP contribution in [0.15, 0.2) is 40.2 Å². The van der Waals surface area contributed by atoms with Gasteiger partial charge in [0, 0.05) is 0 Å². The Kier molecular flexibility index (Phi) is 8.37. The van der Waals surface area contributed by atoms with Crippen molar-refractivity contribution in [2.75, 3.05) is 20.8 Å². The van der Waals surface area contributed by atoms with Crippen LogP contribution in [0.5, 0.6) is 11.5 Å². The van der Waals surface area contributed by atoms with Crippen LogP contribution >= 0.6 is 11.8 Å². The third-order valence-electron chi connectivity index (χ3n) is 5.62. The van der Waals surface area contributed by atoms with Crippen LogP contribution in [-0.2, 0) is 23.9 Å². The van der Waals surface area contributed by atoms with Crippen LogP contribution in [0.25, 0.3) is 0 Å². The van der Waals surface area contributed by atoms with E-state index >= 15 is 0 Å². The van der Waals surface area contributed by atoms with E-state index in [4.69, 9.17) is 24.7 Å². The summed E-state index contributed by atoms with van der Waals surface area (Å²) in [7, 11) is 2.76. The average molecular weight is 505 g/mol. The summed E-state index contributed by atoms with van der Waals surface area (Å²) >= 11 is 1.20. The van der Waals surface area contributed by atoms with Crippen molar-refractivity contribution in [1.82, 2.24) is 4.90 Å². The molecule has 9 nitrogen and oxygen atoms in total. The van der Waals surface area contributed by atoms with E-state index in [2.05, 4.69) is 0 Å². The van der Waals surface area contributed by atoms with E-state index < -0.39 is 23.1 Å². The molecule has 3 rings (SSSR count). The molecule has 1 amide bonds. The predicted octanol–water partition coefficient (Wildman–Crippen LogP) is 3.44. The molecule has 0 radical (unpaired) electrons.